The SMILES string of the molecule is Cc1ccc2c(c1)c(=O)c1c(cnn1C)n2CC(C)CN(C)C. The van der Waals surface area contributed by atoms with Gasteiger partial charge in [-0.05, 0) is 39.1 Å². The third kappa shape index (κ3) is 2.77. The van der Waals surface area contributed by atoms with E-state index in [1.54, 1.807) is 10.9 Å². The van der Waals surface area contributed by atoms with Crippen LogP contribution in [-0.2, 0) is 13.6 Å². The fourth-order valence-corrected chi connectivity index (χ4v) is 3.40. The van der Waals surface area contributed by atoms with Crippen molar-refractivity contribution in [1.29, 1.82) is 0 Å². The smallest absolute Gasteiger partial charge is 0.215 e. The Morgan fingerprint density at radius 1 is 1.26 bits per heavy atom. The highest BCUT2D eigenvalue weighted by molar-refractivity contribution is 5.92. The molecule has 1 atom stereocenters. The van der Waals surface area contributed by atoms with Crippen molar-refractivity contribution in [2.45, 2.75) is 20.4 Å². The molecule has 0 bridgehead atoms. The fourth-order valence-electron chi connectivity index (χ4n) is 3.40. The van der Waals surface area contributed by atoms with Crippen LogP contribution in [-0.4, -0.2) is 39.9 Å². The van der Waals surface area contributed by atoms with Crippen LogP contribution in [0.3, 0.4) is 0 Å². The van der Waals surface area contributed by atoms with E-state index < -0.39 is 0 Å². The first-order valence-corrected chi connectivity index (χ1v) is 7.98. The largest absolute Gasteiger partial charge is 0.337 e. The normalized spacial score (nSPS) is 13.3. The Morgan fingerprint density at radius 3 is 2.70 bits per heavy atom. The highest BCUT2D eigenvalue weighted by Gasteiger charge is 2.16. The van der Waals surface area contributed by atoms with Crippen molar-refractivity contribution in [3.63, 3.8) is 0 Å². The Bertz CT molecular complexity index is 920. The van der Waals surface area contributed by atoms with Crippen LogP contribution in [0, 0.1) is 12.8 Å². The minimum atomic E-state index is 0.0650. The van der Waals surface area contributed by atoms with E-state index in [2.05, 4.69) is 47.7 Å². The Kier molecular flexibility index (Phi) is 3.98. The summed E-state index contributed by atoms with van der Waals surface area (Å²) in [6.45, 7) is 6.12. The lowest BCUT2D eigenvalue weighted by Gasteiger charge is -2.20. The average molecular weight is 312 g/mol. The molecule has 0 saturated carbocycles. The van der Waals surface area contributed by atoms with Crippen LogP contribution in [0.1, 0.15) is 12.5 Å². The van der Waals surface area contributed by atoms with Gasteiger partial charge in [0.2, 0.25) is 5.43 Å². The van der Waals surface area contributed by atoms with Gasteiger partial charge in [0, 0.05) is 25.5 Å². The van der Waals surface area contributed by atoms with Gasteiger partial charge in [0.15, 0.2) is 0 Å². The number of aromatic nitrogens is 3. The van der Waals surface area contributed by atoms with E-state index >= 15 is 0 Å². The molecule has 5 heteroatoms. The van der Waals surface area contributed by atoms with Crippen molar-refractivity contribution < 1.29 is 0 Å². The molecule has 1 unspecified atom stereocenters. The zero-order valence-corrected chi connectivity index (χ0v) is 14.5. The van der Waals surface area contributed by atoms with Gasteiger partial charge in [0.1, 0.15) is 5.52 Å². The first kappa shape index (κ1) is 15.7. The molecule has 5 nitrogen and oxygen atoms in total. The number of nitrogens with zero attached hydrogens (tertiary/aromatic N) is 4. The summed E-state index contributed by atoms with van der Waals surface area (Å²) in [5.74, 6) is 0.473. The van der Waals surface area contributed by atoms with E-state index in [1.165, 1.54) is 0 Å². The number of pyridine rings is 1. The Balaban J connectivity index is 2.28. The van der Waals surface area contributed by atoms with Crippen LogP contribution in [0.15, 0.2) is 29.2 Å². The number of benzene rings is 1. The molecule has 2 aromatic heterocycles. The molecule has 122 valence electrons. The lowest BCUT2D eigenvalue weighted by Crippen LogP contribution is -2.24. The summed E-state index contributed by atoms with van der Waals surface area (Å²) in [5, 5.41) is 5.09. The second-order valence-electron chi connectivity index (χ2n) is 6.83. The van der Waals surface area contributed by atoms with Gasteiger partial charge in [-0.1, -0.05) is 18.6 Å². The molecule has 0 N–H and O–H groups in total. The minimum Gasteiger partial charge on any atom is -0.337 e. The molecule has 0 radical (unpaired) electrons. The molecular formula is C18H24N4O. The van der Waals surface area contributed by atoms with Crippen LogP contribution in [0.4, 0.5) is 0 Å². The van der Waals surface area contributed by atoms with Crippen LogP contribution in [0.25, 0.3) is 21.9 Å². The molecule has 3 aromatic rings. The van der Waals surface area contributed by atoms with Gasteiger partial charge in [0.05, 0.1) is 17.2 Å². The maximum absolute atomic E-state index is 12.9. The summed E-state index contributed by atoms with van der Waals surface area (Å²) in [6.07, 6.45) is 1.80. The average Bonchev–Trinajstić information content (AvgIpc) is 2.85. The molecule has 23 heavy (non-hydrogen) atoms. The van der Waals surface area contributed by atoms with Crippen molar-refractivity contribution in [2.75, 3.05) is 20.6 Å². The quantitative estimate of drug-likeness (QED) is 0.743. The van der Waals surface area contributed by atoms with E-state index in [0.29, 0.717) is 11.4 Å². The summed E-state index contributed by atoms with van der Waals surface area (Å²) in [4.78, 5) is 15.0. The number of hydrogen-bond acceptors (Lipinski definition) is 3. The van der Waals surface area contributed by atoms with Crippen molar-refractivity contribution in [1.82, 2.24) is 19.2 Å². The molecule has 0 aliphatic heterocycles. The van der Waals surface area contributed by atoms with Crippen molar-refractivity contribution in [3.05, 3.63) is 40.2 Å². The van der Waals surface area contributed by atoms with Gasteiger partial charge in [-0.2, -0.15) is 5.10 Å². The lowest BCUT2D eigenvalue weighted by molar-refractivity contribution is 0.319. The van der Waals surface area contributed by atoms with Crippen LogP contribution < -0.4 is 5.43 Å². The van der Waals surface area contributed by atoms with E-state index in [9.17, 15) is 4.79 Å². The Labute approximate surface area is 136 Å². The molecule has 0 amide bonds. The van der Waals surface area contributed by atoms with Gasteiger partial charge >= 0.3 is 0 Å². The van der Waals surface area contributed by atoms with Crippen molar-refractivity contribution >= 4 is 21.9 Å². The van der Waals surface area contributed by atoms with Gasteiger partial charge < -0.3 is 9.47 Å². The zero-order valence-electron chi connectivity index (χ0n) is 14.5. The molecule has 3 rings (SSSR count). The van der Waals surface area contributed by atoms with Gasteiger partial charge in [-0.25, -0.2) is 0 Å². The molecular weight excluding hydrogens is 288 g/mol. The van der Waals surface area contributed by atoms with Crippen molar-refractivity contribution in [2.24, 2.45) is 13.0 Å². The first-order chi connectivity index (χ1) is 10.9. The molecule has 0 fully saturated rings. The summed E-state index contributed by atoms with van der Waals surface area (Å²) in [5.41, 5.74) is 3.76. The molecule has 0 aliphatic carbocycles. The lowest BCUT2D eigenvalue weighted by atomic mass is 10.1. The standard InChI is InChI=1S/C18H24N4O/c1-12-6-7-15-14(8-12)18(23)17-16(9-19-21(17)5)22(15)11-13(2)10-20(3)4/h6-9,13H,10-11H2,1-5H3. The second kappa shape index (κ2) is 5.81. The summed E-state index contributed by atoms with van der Waals surface area (Å²) in [6, 6.07) is 6.11. The van der Waals surface area contributed by atoms with Crippen LogP contribution >= 0.6 is 0 Å². The number of rotatable bonds is 4. The van der Waals surface area contributed by atoms with Crippen LogP contribution in [0.2, 0.25) is 0 Å². The molecule has 0 saturated heterocycles. The summed E-state index contributed by atoms with van der Waals surface area (Å²) >= 11 is 0. The predicted octanol–water partition coefficient (Wildman–Crippen LogP) is 2.39. The summed E-state index contributed by atoms with van der Waals surface area (Å²) < 4.78 is 3.93. The van der Waals surface area contributed by atoms with E-state index in [4.69, 9.17) is 0 Å². The topological polar surface area (TPSA) is 43.1 Å². The Hall–Kier alpha value is -2.14. The van der Waals surface area contributed by atoms with Crippen LogP contribution in [0.5, 0.6) is 0 Å². The monoisotopic (exact) mass is 312 g/mol. The molecule has 0 aliphatic rings. The first-order valence-electron chi connectivity index (χ1n) is 7.98. The third-order valence-electron chi connectivity index (χ3n) is 4.28. The highest BCUT2D eigenvalue weighted by Crippen LogP contribution is 2.21. The maximum atomic E-state index is 12.9. The van der Waals surface area contributed by atoms with Gasteiger partial charge in [0.25, 0.3) is 0 Å². The van der Waals surface area contributed by atoms with E-state index in [0.717, 1.165) is 35.1 Å². The third-order valence-corrected chi connectivity index (χ3v) is 4.28. The minimum absolute atomic E-state index is 0.0650. The van der Waals surface area contributed by atoms with Crippen molar-refractivity contribution in [3.8, 4) is 0 Å². The fraction of sp³-hybridized carbons (Fsp3) is 0.444. The van der Waals surface area contributed by atoms with E-state index in [1.807, 2.05) is 20.0 Å². The van der Waals surface area contributed by atoms with Gasteiger partial charge in [-0.15, -0.1) is 0 Å². The zero-order chi connectivity index (χ0) is 16.7. The number of aryl methyl sites for hydroxylation is 2. The summed E-state index contributed by atoms with van der Waals surface area (Å²) in [7, 11) is 6.00. The maximum Gasteiger partial charge on any atom is 0.215 e. The molecule has 2 heterocycles. The van der Waals surface area contributed by atoms with E-state index in [-0.39, 0.29) is 5.43 Å². The molecule has 0 spiro atoms. The number of fused-ring (bicyclic) bond motifs is 2. The van der Waals surface area contributed by atoms with Gasteiger partial charge in [-0.3, -0.25) is 9.48 Å². The second-order valence-corrected chi connectivity index (χ2v) is 6.83. The number of hydrogen-bond donors (Lipinski definition) is 0. The predicted molar refractivity (Wildman–Crippen MR) is 94.9 cm³/mol. The Morgan fingerprint density at radius 2 is 2.00 bits per heavy atom. The molecule has 1 aromatic carbocycles. The highest BCUT2D eigenvalue weighted by atomic mass is 16.1.